The molecule has 4 heteroatoms. The highest BCUT2D eigenvalue weighted by Crippen LogP contribution is 2.23. The molecule has 0 radical (unpaired) electrons. The second-order valence-corrected chi connectivity index (χ2v) is 5.66. The van der Waals surface area contributed by atoms with E-state index >= 15 is 0 Å². The van der Waals surface area contributed by atoms with Crippen LogP contribution in [0.5, 0.6) is 0 Å². The number of fused-ring (bicyclic) bond motifs is 1. The van der Waals surface area contributed by atoms with Gasteiger partial charge in [0.2, 0.25) is 0 Å². The highest BCUT2D eigenvalue weighted by atomic mass is 35.5. The molecular formula is C14H18ClN3. The van der Waals surface area contributed by atoms with Gasteiger partial charge in [-0.05, 0) is 56.5 Å². The molecule has 2 heterocycles. The van der Waals surface area contributed by atoms with Crippen molar-refractivity contribution in [1.29, 1.82) is 0 Å². The molecule has 1 aliphatic rings. The van der Waals surface area contributed by atoms with Gasteiger partial charge in [-0.2, -0.15) is 0 Å². The van der Waals surface area contributed by atoms with E-state index in [0.29, 0.717) is 5.92 Å². The van der Waals surface area contributed by atoms with Gasteiger partial charge in [0.15, 0.2) is 0 Å². The minimum atomic E-state index is 0.704. The van der Waals surface area contributed by atoms with E-state index in [4.69, 9.17) is 16.6 Å². The maximum absolute atomic E-state index is 6.07. The van der Waals surface area contributed by atoms with Gasteiger partial charge in [0.25, 0.3) is 0 Å². The van der Waals surface area contributed by atoms with Crippen LogP contribution in [0.2, 0.25) is 5.02 Å². The first kappa shape index (κ1) is 12.0. The Hall–Kier alpha value is -1.06. The molecule has 0 aliphatic carbocycles. The average molecular weight is 264 g/mol. The number of rotatable bonds is 2. The number of H-pyrrole nitrogens is 1. The number of hydrogen-bond donors (Lipinski definition) is 2. The van der Waals surface area contributed by atoms with Crippen LogP contribution in [-0.2, 0) is 6.42 Å². The lowest BCUT2D eigenvalue weighted by molar-refractivity contribution is 0.371. The van der Waals surface area contributed by atoms with E-state index in [1.54, 1.807) is 0 Å². The topological polar surface area (TPSA) is 40.7 Å². The van der Waals surface area contributed by atoms with Gasteiger partial charge in [0.05, 0.1) is 11.0 Å². The molecular weight excluding hydrogens is 246 g/mol. The number of hydrogen-bond acceptors (Lipinski definition) is 2. The van der Waals surface area contributed by atoms with Gasteiger partial charge in [0.1, 0.15) is 5.82 Å². The Morgan fingerprint density at radius 1 is 1.44 bits per heavy atom. The Morgan fingerprint density at radius 2 is 2.33 bits per heavy atom. The number of aromatic nitrogens is 2. The third kappa shape index (κ3) is 2.38. The lowest BCUT2D eigenvalue weighted by Gasteiger charge is -2.21. The molecule has 1 atom stereocenters. The van der Waals surface area contributed by atoms with E-state index in [9.17, 15) is 0 Å². The Balaban J connectivity index is 1.86. The molecule has 3 nitrogen and oxygen atoms in total. The van der Waals surface area contributed by atoms with Crippen molar-refractivity contribution in [2.24, 2.45) is 5.92 Å². The highest BCUT2D eigenvalue weighted by molar-refractivity contribution is 6.31. The molecule has 1 saturated heterocycles. The van der Waals surface area contributed by atoms with Crippen LogP contribution in [-0.4, -0.2) is 23.1 Å². The van der Waals surface area contributed by atoms with Gasteiger partial charge in [-0.15, -0.1) is 0 Å². The van der Waals surface area contributed by atoms with E-state index < -0.39 is 0 Å². The standard InChI is InChI=1S/C14H18ClN3/c1-9-5-11(15)7-12-14(9)18-13(17-12)6-10-3-2-4-16-8-10/h5,7,10,16H,2-4,6,8H2,1H3,(H,17,18). The zero-order valence-corrected chi connectivity index (χ0v) is 11.3. The molecule has 1 unspecified atom stereocenters. The number of piperidine rings is 1. The van der Waals surface area contributed by atoms with Crippen LogP contribution >= 0.6 is 11.6 Å². The summed E-state index contributed by atoms with van der Waals surface area (Å²) in [6.45, 7) is 4.32. The maximum Gasteiger partial charge on any atom is 0.107 e. The fourth-order valence-corrected chi connectivity index (χ4v) is 3.04. The largest absolute Gasteiger partial charge is 0.342 e. The molecule has 1 fully saturated rings. The lowest BCUT2D eigenvalue weighted by atomic mass is 9.96. The van der Waals surface area contributed by atoms with Crippen molar-refractivity contribution in [3.63, 3.8) is 0 Å². The number of aromatic amines is 1. The molecule has 1 aromatic carbocycles. The van der Waals surface area contributed by atoms with E-state index in [0.717, 1.165) is 47.0 Å². The highest BCUT2D eigenvalue weighted by Gasteiger charge is 2.16. The fourth-order valence-electron chi connectivity index (χ4n) is 2.77. The molecule has 0 amide bonds. The van der Waals surface area contributed by atoms with Gasteiger partial charge >= 0.3 is 0 Å². The summed E-state index contributed by atoms with van der Waals surface area (Å²) in [5.41, 5.74) is 3.25. The summed E-state index contributed by atoms with van der Waals surface area (Å²) in [6.07, 6.45) is 3.60. The molecule has 1 aliphatic heterocycles. The van der Waals surface area contributed by atoms with Crippen LogP contribution < -0.4 is 5.32 Å². The Morgan fingerprint density at radius 3 is 3.11 bits per heavy atom. The normalized spacial score (nSPS) is 20.4. The molecule has 0 saturated carbocycles. The average Bonchev–Trinajstić information content (AvgIpc) is 2.73. The SMILES string of the molecule is Cc1cc(Cl)cc2[nH]c(CC3CCCNC3)nc12. The third-order valence-electron chi connectivity index (χ3n) is 3.67. The molecule has 2 N–H and O–H groups in total. The number of aryl methyl sites for hydroxylation is 1. The molecule has 0 bridgehead atoms. The monoisotopic (exact) mass is 263 g/mol. The Kier molecular flexibility index (Phi) is 3.27. The third-order valence-corrected chi connectivity index (χ3v) is 3.89. The zero-order valence-electron chi connectivity index (χ0n) is 10.6. The van der Waals surface area contributed by atoms with Crippen molar-refractivity contribution < 1.29 is 0 Å². The number of nitrogens with zero attached hydrogens (tertiary/aromatic N) is 1. The summed E-state index contributed by atoms with van der Waals surface area (Å²) in [6, 6.07) is 3.93. The molecule has 18 heavy (non-hydrogen) atoms. The van der Waals surface area contributed by atoms with Crippen molar-refractivity contribution in [2.45, 2.75) is 26.2 Å². The van der Waals surface area contributed by atoms with Crippen molar-refractivity contribution in [1.82, 2.24) is 15.3 Å². The first-order valence-electron chi connectivity index (χ1n) is 6.58. The predicted molar refractivity (Wildman–Crippen MR) is 75.1 cm³/mol. The quantitative estimate of drug-likeness (QED) is 0.874. The van der Waals surface area contributed by atoms with E-state index in [1.165, 1.54) is 12.8 Å². The molecule has 0 spiro atoms. The van der Waals surface area contributed by atoms with Crippen LogP contribution in [0.25, 0.3) is 11.0 Å². The van der Waals surface area contributed by atoms with Crippen LogP contribution in [0.3, 0.4) is 0 Å². The Labute approximate surface area is 112 Å². The summed E-state index contributed by atoms with van der Waals surface area (Å²) >= 11 is 6.07. The summed E-state index contributed by atoms with van der Waals surface area (Å²) in [4.78, 5) is 8.11. The van der Waals surface area contributed by atoms with Gasteiger partial charge in [0, 0.05) is 11.4 Å². The minimum absolute atomic E-state index is 0.704. The lowest BCUT2D eigenvalue weighted by Crippen LogP contribution is -2.31. The second kappa shape index (κ2) is 4.90. The molecule has 2 aromatic rings. The first-order chi connectivity index (χ1) is 8.72. The smallest absolute Gasteiger partial charge is 0.107 e. The fraction of sp³-hybridized carbons (Fsp3) is 0.500. The summed E-state index contributed by atoms with van der Waals surface area (Å²) < 4.78 is 0. The molecule has 3 rings (SSSR count). The number of benzene rings is 1. The molecule has 1 aromatic heterocycles. The Bertz CT molecular complexity index is 555. The van der Waals surface area contributed by atoms with Crippen molar-refractivity contribution >= 4 is 22.6 Å². The van der Waals surface area contributed by atoms with Crippen LogP contribution in [0.15, 0.2) is 12.1 Å². The van der Waals surface area contributed by atoms with Crippen LogP contribution in [0.4, 0.5) is 0 Å². The van der Waals surface area contributed by atoms with E-state index in [2.05, 4.69) is 17.2 Å². The van der Waals surface area contributed by atoms with Gasteiger partial charge in [-0.1, -0.05) is 11.6 Å². The number of imidazole rings is 1. The summed E-state index contributed by atoms with van der Waals surface area (Å²) in [7, 11) is 0. The zero-order chi connectivity index (χ0) is 12.5. The minimum Gasteiger partial charge on any atom is -0.342 e. The molecule has 96 valence electrons. The predicted octanol–water partition coefficient (Wildman–Crippen LogP) is 3.07. The van der Waals surface area contributed by atoms with E-state index in [-0.39, 0.29) is 0 Å². The number of halogens is 1. The second-order valence-electron chi connectivity index (χ2n) is 5.22. The van der Waals surface area contributed by atoms with Crippen molar-refractivity contribution in [3.8, 4) is 0 Å². The first-order valence-corrected chi connectivity index (χ1v) is 6.95. The van der Waals surface area contributed by atoms with E-state index in [1.807, 2.05) is 12.1 Å². The van der Waals surface area contributed by atoms with Crippen LogP contribution in [0, 0.1) is 12.8 Å². The summed E-state index contributed by atoms with van der Waals surface area (Å²) in [5.74, 6) is 1.79. The van der Waals surface area contributed by atoms with Crippen LogP contribution in [0.1, 0.15) is 24.2 Å². The maximum atomic E-state index is 6.07. The summed E-state index contributed by atoms with van der Waals surface area (Å²) in [5, 5.41) is 4.22. The van der Waals surface area contributed by atoms with Gasteiger partial charge < -0.3 is 10.3 Å². The van der Waals surface area contributed by atoms with Crippen molar-refractivity contribution in [3.05, 3.63) is 28.5 Å². The number of nitrogens with one attached hydrogen (secondary N) is 2. The van der Waals surface area contributed by atoms with Gasteiger partial charge in [-0.3, -0.25) is 0 Å². The van der Waals surface area contributed by atoms with Gasteiger partial charge in [-0.25, -0.2) is 4.98 Å². The van der Waals surface area contributed by atoms with Crippen molar-refractivity contribution in [2.75, 3.05) is 13.1 Å².